The second-order valence-corrected chi connectivity index (χ2v) is 5.90. The number of ether oxygens (including phenoxy) is 1. The fourth-order valence-electron chi connectivity index (χ4n) is 1.81. The van der Waals surface area contributed by atoms with Gasteiger partial charge in [-0.15, -0.1) is 0 Å². The van der Waals surface area contributed by atoms with Crippen LogP contribution >= 0.6 is 31.9 Å². The minimum Gasteiger partial charge on any atom is -0.497 e. The molecule has 0 spiro atoms. The van der Waals surface area contributed by atoms with E-state index in [1.54, 1.807) is 6.07 Å². The van der Waals surface area contributed by atoms with Gasteiger partial charge in [0.2, 0.25) is 0 Å². The first kappa shape index (κ1) is 15.4. The number of methoxy groups -OCH3 is 1. The Bertz CT molecular complexity index is 603. The fourth-order valence-corrected chi connectivity index (χ4v) is 2.99. The van der Waals surface area contributed by atoms with E-state index in [0.717, 1.165) is 12.1 Å². The van der Waals surface area contributed by atoms with Crippen LogP contribution in [0.5, 0.6) is 5.75 Å². The topological polar surface area (TPSA) is 9.23 Å². The van der Waals surface area contributed by atoms with Gasteiger partial charge >= 0.3 is 0 Å². The summed E-state index contributed by atoms with van der Waals surface area (Å²) in [5, 5.41) is 0. The third-order valence-electron chi connectivity index (χ3n) is 2.72. The van der Waals surface area contributed by atoms with Crippen molar-refractivity contribution in [3.8, 4) is 5.75 Å². The van der Waals surface area contributed by atoms with Crippen molar-refractivity contribution in [1.82, 2.24) is 0 Å². The Morgan fingerprint density at radius 1 is 1.00 bits per heavy atom. The number of hydrogen-bond donors (Lipinski definition) is 0. The summed E-state index contributed by atoms with van der Waals surface area (Å²) in [5.41, 5.74) is 0.211. The van der Waals surface area contributed by atoms with E-state index < -0.39 is 22.3 Å². The van der Waals surface area contributed by atoms with Gasteiger partial charge in [0.25, 0.3) is 0 Å². The average Bonchev–Trinajstić information content (AvgIpc) is 2.36. The molecule has 2 aromatic rings. The summed E-state index contributed by atoms with van der Waals surface area (Å²) >= 11 is 6.35. The van der Waals surface area contributed by atoms with Gasteiger partial charge in [-0.25, -0.2) is 13.2 Å². The van der Waals surface area contributed by atoms with Crippen molar-refractivity contribution in [2.45, 2.75) is 4.83 Å². The molecule has 0 amide bonds. The molecular weight excluding hydrogens is 401 g/mol. The molecule has 2 aromatic carbocycles. The number of benzene rings is 2. The van der Waals surface area contributed by atoms with Crippen molar-refractivity contribution in [1.29, 1.82) is 0 Å². The highest BCUT2D eigenvalue weighted by molar-refractivity contribution is 9.10. The van der Waals surface area contributed by atoms with Crippen LogP contribution < -0.4 is 4.74 Å². The van der Waals surface area contributed by atoms with Crippen LogP contribution in [0.15, 0.2) is 34.8 Å². The van der Waals surface area contributed by atoms with Crippen molar-refractivity contribution in [3.63, 3.8) is 0 Å². The van der Waals surface area contributed by atoms with Crippen molar-refractivity contribution in [2.24, 2.45) is 0 Å². The Balaban J connectivity index is 2.50. The van der Waals surface area contributed by atoms with Crippen LogP contribution in [-0.4, -0.2) is 7.11 Å². The lowest BCUT2D eigenvalue weighted by Crippen LogP contribution is -2.02. The van der Waals surface area contributed by atoms with Crippen LogP contribution in [0.3, 0.4) is 0 Å². The summed E-state index contributed by atoms with van der Waals surface area (Å²) < 4.78 is 46.6. The molecule has 1 unspecified atom stereocenters. The first-order valence-corrected chi connectivity index (χ1v) is 7.26. The van der Waals surface area contributed by atoms with Crippen molar-refractivity contribution >= 4 is 31.9 Å². The molecule has 0 saturated heterocycles. The van der Waals surface area contributed by atoms with Gasteiger partial charge < -0.3 is 4.74 Å². The zero-order valence-corrected chi connectivity index (χ0v) is 13.4. The molecule has 106 valence electrons. The highest BCUT2D eigenvalue weighted by Crippen LogP contribution is 2.37. The smallest absolute Gasteiger partial charge is 0.134 e. The standard InChI is InChI=1S/C14H9Br2F3O/c1-20-10-5-11(18)13(12(19)6-10)14(16)7-2-8(15)4-9(17)3-7/h2-6,14H,1H3. The number of alkyl halides is 1. The second kappa shape index (κ2) is 6.18. The van der Waals surface area contributed by atoms with Crippen LogP contribution in [-0.2, 0) is 0 Å². The maximum absolute atomic E-state index is 14.0. The van der Waals surface area contributed by atoms with Gasteiger partial charge in [-0.3, -0.25) is 0 Å². The van der Waals surface area contributed by atoms with Gasteiger partial charge in [0.15, 0.2) is 0 Å². The molecule has 0 aromatic heterocycles. The molecule has 0 fully saturated rings. The summed E-state index contributed by atoms with van der Waals surface area (Å²) in [6, 6.07) is 6.24. The number of hydrogen-bond acceptors (Lipinski definition) is 1. The predicted molar refractivity (Wildman–Crippen MR) is 77.8 cm³/mol. The van der Waals surface area contributed by atoms with Gasteiger partial charge in [-0.05, 0) is 23.8 Å². The minimum atomic E-state index is -0.805. The second-order valence-electron chi connectivity index (χ2n) is 4.07. The van der Waals surface area contributed by atoms with E-state index in [4.69, 9.17) is 4.74 Å². The third-order valence-corrected chi connectivity index (χ3v) is 4.16. The van der Waals surface area contributed by atoms with E-state index >= 15 is 0 Å². The molecule has 0 aliphatic heterocycles. The maximum Gasteiger partial charge on any atom is 0.134 e. The van der Waals surface area contributed by atoms with Crippen LogP contribution in [0.2, 0.25) is 0 Å². The monoisotopic (exact) mass is 408 g/mol. The molecule has 6 heteroatoms. The highest BCUT2D eigenvalue weighted by Gasteiger charge is 2.21. The lowest BCUT2D eigenvalue weighted by atomic mass is 10.0. The average molecular weight is 410 g/mol. The highest BCUT2D eigenvalue weighted by atomic mass is 79.9. The normalized spacial score (nSPS) is 12.3. The maximum atomic E-state index is 14.0. The molecule has 0 heterocycles. The zero-order valence-electron chi connectivity index (χ0n) is 10.3. The Hall–Kier alpha value is -1.01. The summed E-state index contributed by atoms with van der Waals surface area (Å²) in [4.78, 5) is -0.805. The summed E-state index contributed by atoms with van der Waals surface area (Å²) in [7, 11) is 1.32. The zero-order chi connectivity index (χ0) is 14.9. The van der Waals surface area contributed by atoms with E-state index in [1.807, 2.05) is 0 Å². The van der Waals surface area contributed by atoms with Gasteiger partial charge in [0.05, 0.1) is 11.9 Å². The minimum absolute atomic E-state index is 0.0869. The third kappa shape index (κ3) is 3.17. The van der Waals surface area contributed by atoms with E-state index in [-0.39, 0.29) is 11.3 Å². The van der Waals surface area contributed by atoms with E-state index in [0.29, 0.717) is 10.0 Å². The molecule has 0 aliphatic carbocycles. The molecule has 1 nitrogen and oxygen atoms in total. The van der Waals surface area contributed by atoms with Crippen molar-refractivity contribution in [3.05, 3.63) is 63.4 Å². The van der Waals surface area contributed by atoms with Gasteiger partial charge in [0.1, 0.15) is 23.2 Å². The van der Waals surface area contributed by atoms with Gasteiger partial charge in [0, 0.05) is 22.2 Å². The molecule has 20 heavy (non-hydrogen) atoms. The molecular formula is C14H9Br2F3O. The quantitative estimate of drug-likeness (QED) is 0.620. The Kier molecular flexibility index (Phi) is 4.75. The lowest BCUT2D eigenvalue weighted by Gasteiger charge is -2.14. The summed E-state index contributed by atoms with van der Waals surface area (Å²) in [6.07, 6.45) is 0. The Morgan fingerprint density at radius 3 is 2.10 bits per heavy atom. The summed E-state index contributed by atoms with van der Waals surface area (Å²) in [5.74, 6) is -1.93. The first-order chi connectivity index (χ1) is 9.42. The van der Waals surface area contributed by atoms with Gasteiger partial charge in [-0.1, -0.05) is 31.9 Å². The SMILES string of the molecule is COc1cc(F)c(C(Br)c2cc(F)cc(Br)c2)c(F)c1. The van der Waals surface area contributed by atoms with Crippen LogP contribution in [0.4, 0.5) is 13.2 Å². The van der Waals surface area contributed by atoms with Crippen molar-refractivity contribution in [2.75, 3.05) is 7.11 Å². The lowest BCUT2D eigenvalue weighted by molar-refractivity contribution is 0.405. The fraction of sp³-hybridized carbons (Fsp3) is 0.143. The molecule has 0 aliphatic rings. The molecule has 1 atom stereocenters. The van der Waals surface area contributed by atoms with Crippen LogP contribution in [0, 0.1) is 17.5 Å². The molecule has 0 saturated carbocycles. The summed E-state index contributed by atoms with van der Waals surface area (Å²) in [6.45, 7) is 0. The Labute approximate surface area is 131 Å². The largest absolute Gasteiger partial charge is 0.497 e. The first-order valence-electron chi connectivity index (χ1n) is 5.55. The van der Waals surface area contributed by atoms with E-state index in [9.17, 15) is 13.2 Å². The van der Waals surface area contributed by atoms with Crippen molar-refractivity contribution < 1.29 is 17.9 Å². The predicted octanol–water partition coefficient (Wildman–Crippen LogP) is 5.36. The Morgan fingerprint density at radius 2 is 1.60 bits per heavy atom. The van der Waals surface area contributed by atoms with E-state index in [2.05, 4.69) is 31.9 Å². The molecule has 2 rings (SSSR count). The molecule has 0 N–H and O–H groups in total. The van der Waals surface area contributed by atoms with Crippen LogP contribution in [0.1, 0.15) is 16.0 Å². The van der Waals surface area contributed by atoms with Gasteiger partial charge in [-0.2, -0.15) is 0 Å². The van der Waals surface area contributed by atoms with Crippen LogP contribution in [0.25, 0.3) is 0 Å². The molecule has 0 bridgehead atoms. The van der Waals surface area contributed by atoms with E-state index in [1.165, 1.54) is 19.2 Å². The number of rotatable bonds is 3. The molecule has 0 radical (unpaired) electrons. The number of halogens is 5.